The van der Waals surface area contributed by atoms with Gasteiger partial charge in [0, 0.05) is 37.8 Å². The molecule has 142 valence electrons. The van der Waals surface area contributed by atoms with Crippen LogP contribution in [0.3, 0.4) is 0 Å². The molecule has 2 saturated heterocycles. The summed E-state index contributed by atoms with van der Waals surface area (Å²) in [4.78, 5) is 32.6. The molecule has 2 aliphatic heterocycles. The van der Waals surface area contributed by atoms with E-state index < -0.39 is 0 Å². The number of hydrogen-bond donors (Lipinski definition) is 1. The summed E-state index contributed by atoms with van der Waals surface area (Å²) in [6, 6.07) is 1.58. The van der Waals surface area contributed by atoms with Crippen molar-refractivity contribution >= 4 is 29.2 Å². The van der Waals surface area contributed by atoms with Gasteiger partial charge in [0.15, 0.2) is 0 Å². The lowest BCUT2D eigenvalue weighted by Crippen LogP contribution is -2.43. The van der Waals surface area contributed by atoms with Crippen molar-refractivity contribution in [1.29, 1.82) is 0 Å². The van der Waals surface area contributed by atoms with Gasteiger partial charge >= 0.3 is 0 Å². The van der Waals surface area contributed by atoms with Gasteiger partial charge in [-0.05, 0) is 26.8 Å². The minimum atomic E-state index is -0.209. The van der Waals surface area contributed by atoms with Gasteiger partial charge in [0.25, 0.3) is 5.91 Å². The number of rotatable bonds is 3. The molecule has 2 amide bonds. The summed E-state index contributed by atoms with van der Waals surface area (Å²) in [6.45, 7) is 8.90. The van der Waals surface area contributed by atoms with Crippen molar-refractivity contribution in [1.82, 2.24) is 14.8 Å². The van der Waals surface area contributed by atoms with Crippen LogP contribution in [0.2, 0.25) is 5.02 Å². The second kappa shape index (κ2) is 7.40. The number of hydrogen-bond acceptors (Lipinski definition) is 5. The summed E-state index contributed by atoms with van der Waals surface area (Å²) >= 11 is 6.33. The second-order valence-corrected chi connectivity index (χ2v) is 8.09. The molecule has 1 aromatic rings. The van der Waals surface area contributed by atoms with Crippen molar-refractivity contribution in [2.45, 2.75) is 38.8 Å². The number of morpholine rings is 1. The van der Waals surface area contributed by atoms with Crippen LogP contribution in [0.4, 0.5) is 5.82 Å². The molecule has 3 heterocycles. The third-order valence-corrected chi connectivity index (χ3v) is 4.95. The van der Waals surface area contributed by atoms with Crippen LogP contribution >= 0.6 is 11.6 Å². The molecule has 1 atom stereocenters. The van der Waals surface area contributed by atoms with E-state index >= 15 is 0 Å². The first-order chi connectivity index (χ1) is 12.3. The molecule has 1 unspecified atom stereocenters. The van der Waals surface area contributed by atoms with E-state index in [9.17, 15) is 9.59 Å². The molecule has 2 aliphatic rings. The van der Waals surface area contributed by atoms with Gasteiger partial charge in [0.1, 0.15) is 5.82 Å². The topological polar surface area (TPSA) is 74.8 Å². The highest BCUT2D eigenvalue weighted by molar-refractivity contribution is 6.33. The molecule has 7 nitrogen and oxygen atoms in total. The lowest BCUT2D eigenvalue weighted by atomic mass is 10.1. The van der Waals surface area contributed by atoms with Gasteiger partial charge in [0.05, 0.1) is 29.8 Å². The van der Waals surface area contributed by atoms with Crippen molar-refractivity contribution < 1.29 is 14.3 Å². The van der Waals surface area contributed by atoms with Crippen molar-refractivity contribution in [3.05, 3.63) is 22.8 Å². The van der Waals surface area contributed by atoms with E-state index in [1.165, 1.54) is 6.20 Å². The lowest BCUT2D eigenvalue weighted by Gasteiger charge is -2.32. The van der Waals surface area contributed by atoms with Crippen LogP contribution in [0.25, 0.3) is 0 Å². The molecule has 26 heavy (non-hydrogen) atoms. The Labute approximate surface area is 158 Å². The van der Waals surface area contributed by atoms with E-state index in [2.05, 4.69) is 10.3 Å². The first-order valence-corrected chi connectivity index (χ1v) is 9.23. The Morgan fingerprint density at radius 3 is 2.62 bits per heavy atom. The minimum absolute atomic E-state index is 0.0486. The zero-order valence-electron chi connectivity index (χ0n) is 15.4. The van der Waals surface area contributed by atoms with Crippen LogP contribution < -0.4 is 5.32 Å². The number of halogens is 1. The number of carbonyl (C=O) groups is 2. The smallest absolute Gasteiger partial charge is 0.255 e. The normalized spacial score (nSPS) is 21.2. The Balaban J connectivity index is 1.67. The first kappa shape index (κ1) is 18.9. The average Bonchev–Trinajstić information content (AvgIpc) is 2.97. The Morgan fingerprint density at radius 1 is 1.35 bits per heavy atom. The molecule has 1 aromatic heterocycles. The quantitative estimate of drug-likeness (QED) is 0.868. The largest absolute Gasteiger partial charge is 0.378 e. The number of nitrogens with one attached hydrogen (secondary N) is 1. The lowest BCUT2D eigenvalue weighted by molar-refractivity contribution is -0.131. The Bertz CT molecular complexity index is 698. The summed E-state index contributed by atoms with van der Waals surface area (Å²) in [6.07, 6.45) is 1.94. The molecular weight excluding hydrogens is 356 g/mol. The van der Waals surface area contributed by atoms with Gasteiger partial charge in [-0.25, -0.2) is 4.98 Å². The Kier molecular flexibility index (Phi) is 5.39. The van der Waals surface area contributed by atoms with Crippen LogP contribution in [-0.2, 0) is 9.53 Å². The summed E-state index contributed by atoms with van der Waals surface area (Å²) in [5.74, 6) is 0.521. The molecule has 0 bridgehead atoms. The van der Waals surface area contributed by atoms with Gasteiger partial charge < -0.3 is 19.9 Å². The highest BCUT2D eigenvalue weighted by atomic mass is 35.5. The number of carbonyl (C=O) groups excluding carboxylic acids is 2. The van der Waals surface area contributed by atoms with Gasteiger partial charge in [-0.1, -0.05) is 11.6 Å². The van der Waals surface area contributed by atoms with Crippen molar-refractivity contribution in [3.63, 3.8) is 0 Å². The zero-order chi connectivity index (χ0) is 18.9. The van der Waals surface area contributed by atoms with Crippen LogP contribution in [0.1, 0.15) is 37.6 Å². The molecule has 0 aliphatic carbocycles. The average molecular weight is 381 g/mol. The van der Waals surface area contributed by atoms with E-state index in [4.69, 9.17) is 16.3 Å². The number of ether oxygens (including phenoxy) is 1. The summed E-state index contributed by atoms with van der Waals surface area (Å²) in [7, 11) is 0. The van der Waals surface area contributed by atoms with Gasteiger partial charge in [-0.15, -0.1) is 0 Å². The molecule has 1 N–H and O–H groups in total. The van der Waals surface area contributed by atoms with Gasteiger partial charge in [-0.3, -0.25) is 9.59 Å². The van der Waals surface area contributed by atoms with E-state index in [-0.39, 0.29) is 23.4 Å². The number of nitrogens with zero attached hydrogens (tertiary/aromatic N) is 3. The first-order valence-electron chi connectivity index (χ1n) is 8.85. The van der Waals surface area contributed by atoms with Gasteiger partial charge in [0.2, 0.25) is 5.91 Å². The Morgan fingerprint density at radius 2 is 2.04 bits per heavy atom. The van der Waals surface area contributed by atoms with Crippen molar-refractivity contribution in [2.24, 2.45) is 0 Å². The third kappa shape index (κ3) is 4.10. The van der Waals surface area contributed by atoms with E-state index in [0.717, 1.165) is 0 Å². The number of likely N-dealkylation sites (tertiary alicyclic amines) is 1. The van der Waals surface area contributed by atoms with E-state index in [1.54, 1.807) is 11.0 Å². The maximum absolute atomic E-state index is 12.5. The number of anilines is 1. The third-order valence-electron chi connectivity index (χ3n) is 4.66. The molecule has 2 fully saturated rings. The van der Waals surface area contributed by atoms with E-state index in [1.807, 2.05) is 25.7 Å². The number of aromatic nitrogens is 1. The van der Waals surface area contributed by atoms with Crippen LogP contribution in [0.15, 0.2) is 12.3 Å². The van der Waals surface area contributed by atoms with Crippen molar-refractivity contribution in [2.75, 3.05) is 38.2 Å². The molecule has 0 radical (unpaired) electrons. The standard InChI is InChI=1S/C18H25ClN4O3/c1-18(2,3)23-11-13(9-15(23)24)21-16-14(19)8-12(10-20-16)17(25)22-4-6-26-7-5-22/h8,10,13H,4-7,9,11H2,1-3H3,(H,20,21). The van der Waals surface area contributed by atoms with Crippen molar-refractivity contribution in [3.8, 4) is 0 Å². The van der Waals surface area contributed by atoms with Gasteiger partial charge in [-0.2, -0.15) is 0 Å². The molecule has 8 heteroatoms. The maximum Gasteiger partial charge on any atom is 0.255 e. The molecule has 3 rings (SSSR count). The summed E-state index contributed by atoms with van der Waals surface area (Å²) in [5, 5.41) is 3.62. The van der Waals surface area contributed by atoms with E-state index in [0.29, 0.717) is 55.7 Å². The molecule has 0 aromatic carbocycles. The predicted molar refractivity (Wildman–Crippen MR) is 99.5 cm³/mol. The fourth-order valence-corrected chi connectivity index (χ4v) is 3.48. The summed E-state index contributed by atoms with van der Waals surface area (Å²) < 4.78 is 5.27. The fraction of sp³-hybridized carbons (Fsp3) is 0.611. The molecular formula is C18H25ClN4O3. The highest BCUT2D eigenvalue weighted by Gasteiger charge is 2.36. The monoisotopic (exact) mass is 380 g/mol. The molecule has 0 saturated carbocycles. The molecule has 0 spiro atoms. The maximum atomic E-state index is 12.5. The van der Waals surface area contributed by atoms with Crippen LogP contribution in [0, 0.1) is 0 Å². The minimum Gasteiger partial charge on any atom is -0.378 e. The summed E-state index contributed by atoms with van der Waals surface area (Å²) in [5.41, 5.74) is 0.250. The van der Waals surface area contributed by atoms with Crippen LogP contribution in [-0.4, -0.2) is 71.0 Å². The SMILES string of the molecule is CC(C)(C)N1CC(Nc2ncc(C(=O)N3CCOCC3)cc2Cl)CC1=O. The highest BCUT2D eigenvalue weighted by Crippen LogP contribution is 2.27. The van der Waals surface area contributed by atoms with Crippen LogP contribution in [0.5, 0.6) is 0 Å². The predicted octanol–water partition coefficient (Wildman–Crippen LogP) is 2.02. The second-order valence-electron chi connectivity index (χ2n) is 7.68. The zero-order valence-corrected chi connectivity index (χ0v) is 16.2. The fourth-order valence-electron chi connectivity index (χ4n) is 3.26. The Hall–Kier alpha value is -1.86. The number of pyridine rings is 1. The number of amides is 2.